The van der Waals surface area contributed by atoms with Gasteiger partial charge in [0, 0.05) is 20.3 Å². The third kappa shape index (κ3) is 4.11. The number of nitriles is 1. The van der Waals surface area contributed by atoms with Gasteiger partial charge >= 0.3 is 0 Å². The standard InChI is InChI=1S/C12H16N2O3S/c1-10(9-17-2)8-14-18(15,16)12-5-3-11(7-13)4-6-12/h3-6,10,14H,8-9H2,1-2H3. The average Bonchev–Trinajstić information content (AvgIpc) is 2.37. The highest BCUT2D eigenvalue weighted by atomic mass is 32.2. The fourth-order valence-corrected chi connectivity index (χ4v) is 2.55. The van der Waals surface area contributed by atoms with Crippen molar-refractivity contribution in [2.45, 2.75) is 11.8 Å². The minimum atomic E-state index is -3.51. The topological polar surface area (TPSA) is 79.2 Å². The lowest BCUT2D eigenvalue weighted by Crippen LogP contribution is -2.30. The van der Waals surface area contributed by atoms with Gasteiger partial charge in [0.2, 0.25) is 10.0 Å². The molecule has 1 aromatic rings. The molecule has 0 saturated heterocycles. The number of hydrogen-bond acceptors (Lipinski definition) is 4. The molecule has 18 heavy (non-hydrogen) atoms. The van der Waals surface area contributed by atoms with Crippen molar-refractivity contribution in [2.24, 2.45) is 5.92 Å². The number of hydrogen-bond donors (Lipinski definition) is 1. The van der Waals surface area contributed by atoms with Crippen LogP contribution in [0.2, 0.25) is 0 Å². The van der Waals surface area contributed by atoms with Crippen LogP contribution in [0.25, 0.3) is 0 Å². The molecule has 5 nitrogen and oxygen atoms in total. The monoisotopic (exact) mass is 268 g/mol. The fourth-order valence-electron chi connectivity index (χ4n) is 1.39. The first-order valence-electron chi connectivity index (χ1n) is 5.48. The van der Waals surface area contributed by atoms with E-state index in [1.165, 1.54) is 24.3 Å². The fraction of sp³-hybridized carbons (Fsp3) is 0.417. The van der Waals surface area contributed by atoms with E-state index in [9.17, 15) is 8.42 Å². The Morgan fingerprint density at radius 3 is 2.50 bits per heavy atom. The summed E-state index contributed by atoms with van der Waals surface area (Å²) >= 11 is 0. The lowest BCUT2D eigenvalue weighted by Gasteiger charge is -2.11. The third-order valence-electron chi connectivity index (χ3n) is 2.37. The molecule has 0 amide bonds. The molecular formula is C12H16N2O3S. The molecule has 0 fully saturated rings. The first-order chi connectivity index (χ1) is 8.49. The van der Waals surface area contributed by atoms with Crippen LogP contribution in [0.5, 0.6) is 0 Å². The zero-order valence-corrected chi connectivity index (χ0v) is 11.2. The van der Waals surface area contributed by atoms with Crippen LogP contribution in [0.4, 0.5) is 0 Å². The summed E-state index contributed by atoms with van der Waals surface area (Å²) in [6.07, 6.45) is 0. The van der Waals surface area contributed by atoms with Gasteiger partial charge in [-0.25, -0.2) is 13.1 Å². The summed E-state index contributed by atoms with van der Waals surface area (Å²) in [6, 6.07) is 7.74. The maximum absolute atomic E-state index is 11.9. The van der Waals surface area contributed by atoms with E-state index in [4.69, 9.17) is 10.00 Å². The Labute approximate surface area is 107 Å². The molecule has 1 rings (SSSR count). The predicted molar refractivity (Wildman–Crippen MR) is 67.4 cm³/mol. The zero-order chi connectivity index (χ0) is 13.6. The van der Waals surface area contributed by atoms with Gasteiger partial charge in [0.15, 0.2) is 0 Å². The second-order valence-electron chi connectivity index (χ2n) is 4.05. The van der Waals surface area contributed by atoms with E-state index >= 15 is 0 Å². The molecule has 98 valence electrons. The minimum Gasteiger partial charge on any atom is -0.384 e. The maximum atomic E-state index is 11.9. The van der Waals surface area contributed by atoms with Crippen molar-refractivity contribution >= 4 is 10.0 Å². The molecule has 6 heteroatoms. The Balaban J connectivity index is 2.71. The van der Waals surface area contributed by atoms with Crippen LogP contribution in [0.15, 0.2) is 29.2 Å². The zero-order valence-electron chi connectivity index (χ0n) is 10.4. The molecule has 0 aliphatic heterocycles. The molecule has 0 radical (unpaired) electrons. The number of benzene rings is 1. The van der Waals surface area contributed by atoms with Crippen LogP contribution in [0, 0.1) is 17.2 Å². The van der Waals surface area contributed by atoms with Crippen molar-refractivity contribution in [3.8, 4) is 6.07 Å². The average molecular weight is 268 g/mol. The SMILES string of the molecule is COCC(C)CNS(=O)(=O)c1ccc(C#N)cc1. The van der Waals surface area contributed by atoms with Crippen LogP contribution >= 0.6 is 0 Å². The molecule has 1 atom stereocenters. The Kier molecular flexibility index (Phi) is 5.28. The predicted octanol–water partition coefficient (Wildman–Crippen LogP) is 1.12. The van der Waals surface area contributed by atoms with E-state index in [0.717, 1.165) is 0 Å². The van der Waals surface area contributed by atoms with E-state index in [0.29, 0.717) is 18.7 Å². The van der Waals surface area contributed by atoms with Crippen molar-refractivity contribution in [3.63, 3.8) is 0 Å². The number of rotatable bonds is 6. The second-order valence-corrected chi connectivity index (χ2v) is 5.82. The molecule has 0 saturated carbocycles. The number of methoxy groups -OCH3 is 1. The molecule has 0 aliphatic carbocycles. The molecule has 0 heterocycles. The van der Waals surface area contributed by atoms with Gasteiger partial charge < -0.3 is 4.74 Å². The molecular weight excluding hydrogens is 252 g/mol. The highest BCUT2D eigenvalue weighted by molar-refractivity contribution is 7.89. The molecule has 0 spiro atoms. The van der Waals surface area contributed by atoms with Crippen LogP contribution in [0.1, 0.15) is 12.5 Å². The van der Waals surface area contributed by atoms with Crippen molar-refractivity contribution in [1.29, 1.82) is 5.26 Å². The third-order valence-corrected chi connectivity index (χ3v) is 3.81. The van der Waals surface area contributed by atoms with E-state index in [-0.39, 0.29) is 10.8 Å². The Bertz CT molecular complexity index is 517. The lowest BCUT2D eigenvalue weighted by atomic mass is 10.2. The van der Waals surface area contributed by atoms with Gasteiger partial charge in [0.1, 0.15) is 0 Å². The summed E-state index contributed by atoms with van der Waals surface area (Å²) < 4.78 is 31.3. The summed E-state index contributed by atoms with van der Waals surface area (Å²) in [5.41, 5.74) is 0.432. The summed E-state index contributed by atoms with van der Waals surface area (Å²) in [4.78, 5) is 0.158. The number of ether oxygens (including phenoxy) is 1. The largest absolute Gasteiger partial charge is 0.384 e. The lowest BCUT2D eigenvalue weighted by molar-refractivity contribution is 0.161. The second kappa shape index (κ2) is 6.50. The first-order valence-corrected chi connectivity index (χ1v) is 6.96. The molecule has 0 aliphatic rings. The molecule has 1 aromatic carbocycles. The summed E-state index contributed by atoms with van der Waals surface area (Å²) in [5.74, 6) is 0.100. The van der Waals surface area contributed by atoms with Gasteiger partial charge in [0.25, 0.3) is 0 Å². The Morgan fingerprint density at radius 2 is 2.00 bits per heavy atom. The summed E-state index contributed by atoms with van der Waals surface area (Å²) in [6.45, 7) is 2.71. The van der Waals surface area contributed by atoms with Crippen LogP contribution < -0.4 is 4.72 Å². The quantitative estimate of drug-likeness (QED) is 0.838. The van der Waals surface area contributed by atoms with Gasteiger partial charge in [-0.05, 0) is 30.2 Å². The highest BCUT2D eigenvalue weighted by Crippen LogP contribution is 2.10. The Hall–Kier alpha value is -1.42. The van der Waals surface area contributed by atoms with E-state index in [1.807, 2.05) is 13.0 Å². The van der Waals surface area contributed by atoms with Gasteiger partial charge in [-0.2, -0.15) is 5.26 Å². The highest BCUT2D eigenvalue weighted by Gasteiger charge is 2.14. The van der Waals surface area contributed by atoms with Crippen LogP contribution in [-0.4, -0.2) is 28.7 Å². The molecule has 1 unspecified atom stereocenters. The number of nitrogens with zero attached hydrogens (tertiary/aromatic N) is 1. The van der Waals surface area contributed by atoms with Gasteiger partial charge in [0.05, 0.1) is 16.5 Å². The van der Waals surface area contributed by atoms with Crippen molar-refractivity contribution < 1.29 is 13.2 Å². The van der Waals surface area contributed by atoms with Crippen molar-refractivity contribution in [1.82, 2.24) is 4.72 Å². The summed E-state index contributed by atoms with van der Waals surface area (Å²) in [7, 11) is -1.94. The first kappa shape index (κ1) is 14.6. The van der Waals surface area contributed by atoms with Crippen LogP contribution in [0.3, 0.4) is 0 Å². The van der Waals surface area contributed by atoms with Gasteiger partial charge in [-0.3, -0.25) is 0 Å². The van der Waals surface area contributed by atoms with E-state index in [2.05, 4.69) is 4.72 Å². The van der Waals surface area contributed by atoms with Crippen LogP contribution in [-0.2, 0) is 14.8 Å². The molecule has 0 bridgehead atoms. The van der Waals surface area contributed by atoms with Gasteiger partial charge in [-0.1, -0.05) is 6.92 Å². The van der Waals surface area contributed by atoms with E-state index in [1.54, 1.807) is 7.11 Å². The Morgan fingerprint density at radius 1 is 1.39 bits per heavy atom. The normalized spacial score (nSPS) is 12.9. The van der Waals surface area contributed by atoms with Crippen molar-refractivity contribution in [3.05, 3.63) is 29.8 Å². The maximum Gasteiger partial charge on any atom is 0.240 e. The van der Waals surface area contributed by atoms with E-state index < -0.39 is 10.0 Å². The van der Waals surface area contributed by atoms with Crippen molar-refractivity contribution in [2.75, 3.05) is 20.3 Å². The molecule has 0 aromatic heterocycles. The number of sulfonamides is 1. The number of nitrogens with one attached hydrogen (secondary N) is 1. The summed E-state index contributed by atoms with van der Waals surface area (Å²) in [5, 5.41) is 8.64. The molecule has 1 N–H and O–H groups in total. The smallest absolute Gasteiger partial charge is 0.240 e. The van der Waals surface area contributed by atoms with Gasteiger partial charge in [-0.15, -0.1) is 0 Å². The minimum absolute atomic E-state index is 0.100.